The molecular weight excluding hydrogens is 453 g/mol. The van der Waals surface area contributed by atoms with Crippen LogP contribution in [0.3, 0.4) is 0 Å². The van der Waals surface area contributed by atoms with Gasteiger partial charge in [-0.05, 0) is 44.3 Å². The number of amides is 1. The van der Waals surface area contributed by atoms with Gasteiger partial charge in [-0.3, -0.25) is 9.69 Å². The third kappa shape index (κ3) is 6.91. The summed E-state index contributed by atoms with van der Waals surface area (Å²) in [5.41, 5.74) is 1.56. The summed E-state index contributed by atoms with van der Waals surface area (Å²) in [6.45, 7) is 9.46. The first-order valence-electron chi connectivity index (χ1n) is 10.3. The van der Waals surface area contributed by atoms with E-state index in [1.54, 1.807) is 22.7 Å². The van der Waals surface area contributed by atoms with Crippen LogP contribution in [0.4, 0.5) is 9.52 Å². The number of halogens is 2. The molecule has 0 fully saturated rings. The summed E-state index contributed by atoms with van der Waals surface area (Å²) in [7, 11) is 0. The monoisotopic (exact) mass is 481 g/mol. The van der Waals surface area contributed by atoms with Crippen molar-refractivity contribution < 1.29 is 9.18 Å². The second-order valence-electron chi connectivity index (χ2n) is 7.07. The molecule has 0 bridgehead atoms. The Morgan fingerprint density at radius 2 is 1.81 bits per heavy atom. The molecule has 168 valence electrons. The number of anilines is 1. The number of aryl methyl sites for hydroxylation is 1. The highest BCUT2D eigenvalue weighted by atomic mass is 35.5. The predicted molar refractivity (Wildman–Crippen MR) is 133 cm³/mol. The maximum Gasteiger partial charge on any atom is 0.229 e. The van der Waals surface area contributed by atoms with Crippen LogP contribution in [0.15, 0.2) is 47.4 Å². The van der Waals surface area contributed by atoms with E-state index in [2.05, 4.69) is 54.9 Å². The molecule has 0 saturated carbocycles. The lowest BCUT2D eigenvalue weighted by atomic mass is 10.2. The smallest absolute Gasteiger partial charge is 0.229 e. The Morgan fingerprint density at radius 1 is 1.10 bits per heavy atom. The predicted octanol–water partition coefficient (Wildman–Crippen LogP) is 6.02. The molecular formula is C23H29ClFN3OS2. The van der Waals surface area contributed by atoms with Gasteiger partial charge in [0, 0.05) is 30.2 Å². The van der Waals surface area contributed by atoms with Crippen LogP contribution in [0.1, 0.15) is 25.8 Å². The van der Waals surface area contributed by atoms with Crippen molar-refractivity contribution in [3.05, 3.63) is 53.8 Å². The van der Waals surface area contributed by atoms with Crippen molar-refractivity contribution in [3.8, 4) is 0 Å². The van der Waals surface area contributed by atoms with Crippen molar-refractivity contribution >= 4 is 56.8 Å². The molecule has 0 spiro atoms. The van der Waals surface area contributed by atoms with Crippen molar-refractivity contribution in [1.29, 1.82) is 0 Å². The molecule has 0 aliphatic heterocycles. The third-order valence-corrected chi connectivity index (χ3v) is 7.09. The van der Waals surface area contributed by atoms with E-state index in [9.17, 15) is 9.18 Å². The molecule has 0 aliphatic rings. The number of hydrogen-bond donors (Lipinski definition) is 0. The van der Waals surface area contributed by atoms with Crippen molar-refractivity contribution in [2.24, 2.45) is 0 Å². The van der Waals surface area contributed by atoms with Crippen molar-refractivity contribution in [2.45, 2.75) is 32.1 Å². The Hall–Kier alpha value is -1.67. The molecule has 0 atom stereocenters. The van der Waals surface area contributed by atoms with Gasteiger partial charge in [-0.25, -0.2) is 9.37 Å². The molecule has 3 aromatic rings. The molecule has 1 aromatic heterocycles. The number of fused-ring (bicyclic) bond motifs is 1. The minimum Gasteiger partial charge on any atom is -0.302 e. The van der Waals surface area contributed by atoms with Crippen molar-refractivity contribution in [1.82, 2.24) is 9.88 Å². The van der Waals surface area contributed by atoms with E-state index in [1.807, 2.05) is 6.07 Å². The summed E-state index contributed by atoms with van der Waals surface area (Å²) in [6.07, 6.45) is 0.412. The number of aromatic nitrogens is 1. The second kappa shape index (κ2) is 12.4. The number of benzene rings is 2. The van der Waals surface area contributed by atoms with Gasteiger partial charge in [-0.1, -0.05) is 48.9 Å². The Labute approximate surface area is 198 Å². The van der Waals surface area contributed by atoms with Crippen LogP contribution in [-0.2, 0) is 4.79 Å². The van der Waals surface area contributed by atoms with E-state index >= 15 is 0 Å². The lowest BCUT2D eigenvalue weighted by molar-refractivity contribution is -0.118. The second-order valence-corrected chi connectivity index (χ2v) is 9.24. The van der Waals surface area contributed by atoms with Gasteiger partial charge in [-0.15, -0.1) is 24.2 Å². The van der Waals surface area contributed by atoms with Crippen molar-refractivity contribution in [3.63, 3.8) is 0 Å². The van der Waals surface area contributed by atoms with Crippen LogP contribution in [0.5, 0.6) is 0 Å². The molecule has 0 aliphatic carbocycles. The SMILES string of the molecule is CCN(CC)CCN(C(=O)CCSc1ccc(C)cc1)c1nc2c(F)cccc2s1.Cl. The fourth-order valence-corrected chi connectivity index (χ4v) is 5.02. The van der Waals surface area contributed by atoms with E-state index in [4.69, 9.17) is 0 Å². The molecule has 8 heteroatoms. The molecule has 1 heterocycles. The largest absolute Gasteiger partial charge is 0.302 e. The average molecular weight is 482 g/mol. The van der Waals surface area contributed by atoms with E-state index in [0.717, 1.165) is 29.2 Å². The molecule has 2 aromatic carbocycles. The number of carbonyl (C=O) groups is 1. The zero-order chi connectivity index (χ0) is 21.5. The zero-order valence-electron chi connectivity index (χ0n) is 18.1. The summed E-state index contributed by atoms with van der Waals surface area (Å²) in [6, 6.07) is 13.3. The molecule has 3 rings (SSSR count). The Morgan fingerprint density at radius 3 is 2.45 bits per heavy atom. The molecule has 0 radical (unpaired) electrons. The van der Waals surface area contributed by atoms with E-state index in [1.165, 1.54) is 23.0 Å². The molecule has 0 N–H and O–H groups in total. The Balaban J connectivity index is 0.00000341. The Bertz CT molecular complexity index is 977. The van der Waals surface area contributed by atoms with Crippen LogP contribution < -0.4 is 4.90 Å². The third-order valence-electron chi connectivity index (χ3n) is 5.03. The lowest BCUT2D eigenvalue weighted by Gasteiger charge is -2.24. The van der Waals surface area contributed by atoms with Gasteiger partial charge in [0.1, 0.15) is 11.3 Å². The normalized spacial score (nSPS) is 11.0. The standard InChI is InChI=1S/C23H28FN3OS2.ClH/c1-4-26(5-2)14-15-27(23-25-22-19(24)7-6-8-20(22)30-23)21(28)13-16-29-18-11-9-17(3)10-12-18;/h6-12H,4-5,13-16H2,1-3H3;1H. The van der Waals surface area contributed by atoms with Gasteiger partial charge >= 0.3 is 0 Å². The highest BCUT2D eigenvalue weighted by Crippen LogP contribution is 2.31. The maximum absolute atomic E-state index is 14.1. The topological polar surface area (TPSA) is 36.4 Å². The number of para-hydroxylation sites is 1. The quantitative estimate of drug-likeness (QED) is 0.331. The first-order chi connectivity index (χ1) is 14.5. The first-order valence-corrected chi connectivity index (χ1v) is 12.1. The summed E-state index contributed by atoms with van der Waals surface area (Å²) in [5, 5.41) is 0.576. The van der Waals surface area contributed by atoms with Gasteiger partial charge in [0.15, 0.2) is 5.13 Å². The van der Waals surface area contributed by atoms with Crippen molar-refractivity contribution in [2.75, 3.05) is 36.8 Å². The lowest BCUT2D eigenvalue weighted by Crippen LogP contribution is -2.39. The van der Waals surface area contributed by atoms with Crippen LogP contribution in [0, 0.1) is 12.7 Å². The van der Waals surface area contributed by atoms with Gasteiger partial charge in [-0.2, -0.15) is 0 Å². The van der Waals surface area contributed by atoms with Crippen LogP contribution in [0.25, 0.3) is 10.2 Å². The van der Waals surface area contributed by atoms with E-state index < -0.39 is 0 Å². The molecule has 31 heavy (non-hydrogen) atoms. The number of likely N-dealkylation sites (N-methyl/N-ethyl adjacent to an activating group) is 1. The summed E-state index contributed by atoms with van der Waals surface area (Å²) in [4.78, 5) is 22.7. The van der Waals surface area contributed by atoms with Gasteiger partial charge < -0.3 is 4.90 Å². The molecule has 4 nitrogen and oxygen atoms in total. The van der Waals surface area contributed by atoms with Gasteiger partial charge in [0.05, 0.1) is 4.70 Å². The molecule has 0 saturated heterocycles. The zero-order valence-corrected chi connectivity index (χ0v) is 20.6. The number of rotatable bonds is 10. The fraction of sp³-hybridized carbons (Fsp3) is 0.391. The van der Waals surface area contributed by atoms with Crippen LogP contribution >= 0.6 is 35.5 Å². The highest BCUT2D eigenvalue weighted by Gasteiger charge is 2.21. The molecule has 1 amide bonds. The number of nitrogens with zero attached hydrogens (tertiary/aromatic N) is 3. The van der Waals surface area contributed by atoms with E-state index in [0.29, 0.717) is 29.4 Å². The minimum absolute atomic E-state index is 0. The summed E-state index contributed by atoms with van der Waals surface area (Å²) < 4.78 is 14.9. The van der Waals surface area contributed by atoms with Gasteiger partial charge in [0.2, 0.25) is 5.91 Å². The minimum atomic E-state index is -0.346. The van der Waals surface area contributed by atoms with E-state index in [-0.39, 0.29) is 24.1 Å². The van der Waals surface area contributed by atoms with Crippen LogP contribution in [-0.4, -0.2) is 47.7 Å². The highest BCUT2D eigenvalue weighted by molar-refractivity contribution is 7.99. The number of thioether (sulfide) groups is 1. The van der Waals surface area contributed by atoms with Crippen LogP contribution in [0.2, 0.25) is 0 Å². The number of thiazole rings is 1. The average Bonchev–Trinajstić information content (AvgIpc) is 3.18. The number of hydrogen-bond acceptors (Lipinski definition) is 5. The number of carbonyl (C=O) groups excluding carboxylic acids is 1. The maximum atomic E-state index is 14.1. The summed E-state index contributed by atoms with van der Waals surface area (Å²) >= 11 is 3.05. The molecule has 0 unspecified atom stereocenters. The summed E-state index contributed by atoms with van der Waals surface area (Å²) in [5.74, 6) is 0.380. The fourth-order valence-electron chi connectivity index (χ4n) is 3.15. The first kappa shape index (κ1) is 25.6. The van der Waals surface area contributed by atoms with Gasteiger partial charge in [0.25, 0.3) is 0 Å². The Kier molecular flexibility index (Phi) is 10.2.